The van der Waals surface area contributed by atoms with Crippen molar-refractivity contribution in [2.75, 3.05) is 17.0 Å². The summed E-state index contributed by atoms with van der Waals surface area (Å²) in [4.78, 5) is 0. The second kappa shape index (κ2) is 6.58. The molecule has 1 aliphatic heterocycles. The third-order valence-electron chi connectivity index (χ3n) is 3.57. The van der Waals surface area contributed by atoms with Crippen molar-refractivity contribution >= 4 is 15.8 Å². The van der Waals surface area contributed by atoms with E-state index in [1.165, 1.54) is 12.8 Å². The lowest BCUT2D eigenvalue weighted by Crippen LogP contribution is -2.36. The molecule has 0 aromatic carbocycles. The topological polar surface area (TPSA) is 76.0 Å². The van der Waals surface area contributed by atoms with Crippen molar-refractivity contribution in [3.8, 4) is 0 Å². The minimum absolute atomic E-state index is 0.128. The Morgan fingerprint density at radius 1 is 1.50 bits per heavy atom. The van der Waals surface area contributed by atoms with Gasteiger partial charge >= 0.3 is 0 Å². The molecule has 2 N–H and O–H groups in total. The molecule has 0 aliphatic carbocycles. The summed E-state index contributed by atoms with van der Waals surface area (Å²) in [7, 11) is -3.31. The number of piperidine rings is 1. The van der Waals surface area contributed by atoms with Crippen LogP contribution < -0.4 is 10.0 Å². The Labute approximate surface area is 121 Å². The van der Waals surface area contributed by atoms with E-state index in [2.05, 4.69) is 15.1 Å². The summed E-state index contributed by atoms with van der Waals surface area (Å²) < 4.78 is 28.6. The van der Waals surface area contributed by atoms with Crippen molar-refractivity contribution in [1.82, 2.24) is 15.1 Å². The first-order chi connectivity index (χ1) is 9.48. The largest absolute Gasteiger partial charge is 0.314 e. The predicted octanol–water partition coefficient (Wildman–Crippen LogP) is 1.74. The fourth-order valence-corrected chi connectivity index (χ4v) is 3.66. The fourth-order valence-electron chi connectivity index (χ4n) is 2.48. The molecule has 0 radical (unpaired) electrons. The maximum Gasteiger partial charge on any atom is 0.233 e. The number of nitrogens with one attached hydrogen (secondary N) is 2. The summed E-state index contributed by atoms with van der Waals surface area (Å²) in [5.74, 6) is 0.685. The van der Waals surface area contributed by atoms with Crippen LogP contribution in [0.1, 0.15) is 45.6 Å². The van der Waals surface area contributed by atoms with Crippen LogP contribution in [0.3, 0.4) is 0 Å². The van der Waals surface area contributed by atoms with Crippen LogP contribution in [0.15, 0.2) is 12.3 Å². The molecule has 0 bridgehead atoms. The van der Waals surface area contributed by atoms with E-state index in [0.29, 0.717) is 18.3 Å². The van der Waals surface area contributed by atoms with Gasteiger partial charge in [0.1, 0.15) is 5.82 Å². The van der Waals surface area contributed by atoms with Crippen LogP contribution in [0.25, 0.3) is 0 Å². The van der Waals surface area contributed by atoms with Crippen molar-refractivity contribution in [2.45, 2.75) is 51.6 Å². The molecule has 114 valence electrons. The number of aromatic nitrogens is 2. The van der Waals surface area contributed by atoms with E-state index in [1.54, 1.807) is 16.9 Å². The van der Waals surface area contributed by atoms with E-state index in [0.717, 1.165) is 13.0 Å². The highest BCUT2D eigenvalue weighted by Gasteiger charge is 2.19. The molecule has 20 heavy (non-hydrogen) atoms. The molecule has 1 aromatic heterocycles. The van der Waals surface area contributed by atoms with Crippen LogP contribution in [0.4, 0.5) is 5.82 Å². The van der Waals surface area contributed by atoms with Crippen LogP contribution in [0.2, 0.25) is 0 Å². The quantitative estimate of drug-likeness (QED) is 0.839. The molecule has 0 saturated carbocycles. The van der Waals surface area contributed by atoms with Crippen molar-refractivity contribution in [1.29, 1.82) is 0 Å². The lowest BCUT2D eigenvalue weighted by Gasteiger charge is -2.23. The monoisotopic (exact) mass is 300 g/mol. The Morgan fingerprint density at radius 2 is 2.30 bits per heavy atom. The summed E-state index contributed by atoms with van der Waals surface area (Å²) in [6, 6.07) is 2.15. The maximum absolute atomic E-state index is 12.1. The smallest absolute Gasteiger partial charge is 0.233 e. The normalized spacial score (nSPS) is 20.2. The number of hydrogen-bond donors (Lipinski definition) is 2. The fraction of sp³-hybridized carbons (Fsp3) is 0.769. The summed E-state index contributed by atoms with van der Waals surface area (Å²) in [6.07, 6.45) is 5.71. The predicted molar refractivity (Wildman–Crippen MR) is 80.3 cm³/mol. The summed E-state index contributed by atoms with van der Waals surface area (Å²) in [5.41, 5.74) is 0. The van der Waals surface area contributed by atoms with Crippen LogP contribution in [0.5, 0.6) is 0 Å². The van der Waals surface area contributed by atoms with Gasteiger partial charge in [0.15, 0.2) is 0 Å². The molecular formula is C13H24N4O2S. The van der Waals surface area contributed by atoms with Gasteiger partial charge < -0.3 is 5.32 Å². The molecule has 1 aromatic rings. The van der Waals surface area contributed by atoms with Crippen molar-refractivity contribution in [3.05, 3.63) is 12.3 Å². The van der Waals surface area contributed by atoms with Crippen molar-refractivity contribution in [2.24, 2.45) is 0 Å². The number of nitrogens with zero attached hydrogens (tertiary/aromatic N) is 2. The Balaban J connectivity index is 1.91. The summed E-state index contributed by atoms with van der Waals surface area (Å²) >= 11 is 0. The number of anilines is 1. The van der Waals surface area contributed by atoms with Gasteiger partial charge in [-0.05, 0) is 39.7 Å². The number of sulfonamides is 1. The zero-order valence-corrected chi connectivity index (χ0v) is 13.0. The van der Waals surface area contributed by atoms with Crippen LogP contribution in [-0.4, -0.2) is 36.5 Å². The summed E-state index contributed by atoms with van der Waals surface area (Å²) in [6.45, 7) is 4.94. The van der Waals surface area contributed by atoms with E-state index in [9.17, 15) is 8.42 Å². The van der Waals surface area contributed by atoms with Crippen LogP contribution in [0, 0.1) is 0 Å². The van der Waals surface area contributed by atoms with E-state index in [1.807, 2.05) is 13.8 Å². The van der Waals surface area contributed by atoms with E-state index < -0.39 is 10.0 Å². The molecule has 2 rings (SSSR count). The standard InChI is InChI=1S/C13H24N4O2S/c1-11(2)17-13(6-9-15-17)16-20(18,19)10-7-12-5-3-4-8-14-12/h6,9,11-12,14,16H,3-5,7-8,10H2,1-2H3. The second-order valence-electron chi connectivity index (χ2n) is 5.61. The SMILES string of the molecule is CC(C)n1nccc1NS(=O)(=O)CCC1CCCCN1. The molecular weight excluding hydrogens is 276 g/mol. The molecule has 1 saturated heterocycles. The molecule has 1 fully saturated rings. The average molecular weight is 300 g/mol. The Morgan fingerprint density at radius 3 is 2.95 bits per heavy atom. The van der Waals surface area contributed by atoms with Gasteiger partial charge in [-0.15, -0.1) is 0 Å². The Kier molecular flexibility index (Phi) is 5.04. The van der Waals surface area contributed by atoms with Crippen LogP contribution >= 0.6 is 0 Å². The third-order valence-corrected chi connectivity index (χ3v) is 4.86. The van der Waals surface area contributed by atoms with Crippen LogP contribution in [-0.2, 0) is 10.0 Å². The van der Waals surface area contributed by atoms with E-state index in [-0.39, 0.29) is 11.8 Å². The van der Waals surface area contributed by atoms with Gasteiger partial charge in [-0.3, -0.25) is 4.72 Å². The lowest BCUT2D eigenvalue weighted by molar-refractivity contribution is 0.393. The number of hydrogen-bond acceptors (Lipinski definition) is 4. The zero-order chi connectivity index (χ0) is 14.6. The first kappa shape index (κ1) is 15.3. The Bertz CT molecular complexity index is 518. The molecule has 1 atom stereocenters. The minimum atomic E-state index is -3.31. The van der Waals surface area contributed by atoms with E-state index in [4.69, 9.17) is 0 Å². The molecule has 0 amide bonds. The highest BCUT2D eigenvalue weighted by molar-refractivity contribution is 7.92. The van der Waals surface area contributed by atoms with Gasteiger partial charge in [-0.1, -0.05) is 6.42 Å². The third kappa shape index (κ3) is 4.21. The maximum atomic E-state index is 12.1. The van der Waals surface area contributed by atoms with Crippen molar-refractivity contribution < 1.29 is 8.42 Å². The molecule has 0 spiro atoms. The van der Waals surface area contributed by atoms with Gasteiger partial charge in [0.05, 0.1) is 11.9 Å². The first-order valence-electron chi connectivity index (χ1n) is 7.25. The van der Waals surface area contributed by atoms with Gasteiger partial charge in [0.2, 0.25) is 10.0 Å². The molecule has 1 unspecified atom stereocenters. The first-order valence-corrected chi connectivity index (χ1v) is 8.90. The minimum Gasteiger partial charge on any atom is -0.314 e. The second-order valence-corrected chi connectivity index (χ2v) is 7.45. The summed E-state index contributed by atoms with van der Waals surface area (Å²) in [5, 5.41) is 7.50. The lowest BCUT2D eigenvalue weighted by atomic mass is 10.0. The average Bonchev–Trinajstić information content (AvgIpc) is 2.85. The zero-order valence-electron chi connectivity index (χ0n) is 12.2. The van der Waals surface area contributed by atoms with Gasteiger partial charge in [0, 0.05) is 18.2 Å². The molecule has 2 heterocycles. The van der Waals surface area contributed by atoms with Gasteiger partial charge in [0.25, 0.3) is 0 Å². The Hall–Kier alpha value is -1.08. The van der Waals surface area contributed by atoms with Crippen molar-refractivity contribution in [3.63, 3.8) is 0 Å². The molecule has 6 nitrogen and oxygen atoms in total. The highest BCUT2D eigenvalue weighted by Crippen LogP contribution is 2.16. The molecule has 1 aliphatic rings. The van der Waals surface area contributed by atoms with Gasteiger partial charge in [-0.25, -0.2) is 13.1 Å². The van der Waals surface area contributed by atoms with E-state index >= 15 is 0 Å². The van der Waals surface area contributed by atoms with Gasteiger partial charge in [-0.2, -0.15) is 5.10 Å². The number of rotatable bonds is 6. The molecule has 7 heteroatoms. The highest BCUT2D eigenvalue weighted by atomic mass is 32.2.